The Morgan fingerprint density at radius 2 is 2.14 bits per heavy atom. The minimum atomic E-state index is -0.640. The second kappa shape index (κ2) is 11.2. The number of oxazole rings is 1. The van der Waals surface area contributed by atoms with Crippen LogP contribution in [0, 0.1) is 12.8 Å². The average molecular weight is 492 g/mol. The molecule has 8 heteroatoms. The van der Waals surface area contributed by atoms with Crippen LogP contribution in [0.4, 0.5) is 0 Å². The summed E-state index contributed by atoms with van der Waals surface area (Å²) in [7, 11) is 0. The van der Waals surface area contributed by atoms with Gasteiger partial charge in [0.25, 0.3) is 5.91 Å². The topological polar surface area (TPSA) is 97.1 Å². The molecule has 2 aliphatic rings. The van der Waals surface area contributed by atoms with Gasteiger partial charge in [-0.15, -0.1) is 0 Å². The van der Waals surface area contributed by atoms with Gasteiger partial charge in [-0.05, 0) is 60.7 Å². The molecule has 0 bridgehead atoms. The van der Waals surface area contributed by atoms with E-state index in [2.05, 4.69) is 27.3 Å². The lowest BCUT2D eigenvalue weighted by Crippen LogP contribution is -2.42. The predicted molar refractivity (Wildman–Crippen MR) is 134 cm³/mol. The van der Waals surface area contributed by atoms with Crippen molar-refractivity contribution in [2.75, 3.05) is 32.8 Å². The van der Waals surface area contributed by atoms with E-state index in [0.29, 0.717) is 24.6 Å². The molecule has 190 valence electrons. The molecule has 1 aromatic heterocycles. The second-order valence-electron chi connectivity index (χ2n) is 9.74. The number of carbonyl (C=O) groups is 1. The van der Waals surface area contributed by atoms with Gasteiger partial charge in [-0.3, -0.25) is 9.69 Å². The summed E-state index contributed by atoms with van der Waals surface area (Å²) in [5.74, 6) is 1.93. The van der Waals surface area contributed by atoms with Gasteiger partial charge in [0, 0.05) is 37.7 Å². The number of carbonyl (C=O) groups excluding carboxylic acids is 1. The van der Waals surface area contributed by atoms with E-state index < -0.39 is 6.10 Å². The fourth-order valence-corrected chi connectivity index (χ4v) is 4.70. The van der Waals surface area contributed by atoms with Crippen molar-refractivity contribution in [1.29, 1.82) is 0 Å². The Balaban J connectivity index is 1.07. The van der Waals surface area contributed by atoms with Gasteiger partial charge in [-0.25, -0.2) is 4.98 Å². The molecule has 1 amide bonds. The van der Waals surface area contributed by atoms with Crippen molar-refractivity contribution in [3.05, 3.63) is 82.6 Å². The molecule has 0 unspecified atom stereocenters. The first-order valence-electron chi connectivity index (χ1n) is 12.5. The molecule has 2 aromatic carbocycles. The van der Waals surface area contributed by atoms with Crippen LogP contribution < -0.4 is 10.1 Å². The van der Waals surface area contributed by atoms with E-state index in [1.165, 1.54) is 17.5 Å². The molecule has 0 radical (unpaired) electrons. The molecule has 2 aliphatic heterocycles. The first-order valence-corrected chi connectivity index (χ1v) is 12.5. The summed E-state index contributed by atoms with van der Waals surface area (Å²) in [5.41, 5.74) is 5.10. The van der Waals surface area contributed by atoms with Crippen molar-refractivity contribution in [2.45, 2.75) is 39.0 Å². The zero-order valence-corrected chi connectivity index (χ0v) is 20.6. The monoisotopic (exact) mass is 491 g/mol. The molecule has 1 fully saturated rings. The van der Waals surface area contributed by atoms with Gasteiger partial charge in [0.1, 0.15) is 12.4 Å². The molecule has 0 spiro atoms. The summed E-state index contributed by atoms with van der Waals surface area (Å²) >= 11 is 0. The van der Waals surface area contributed by atoms with Crippen LogP contribution >= 0.6 is 0 Å². The lowest BCUT2D eigenvalue weighted by Gasteiger charge is -2.30. The Kier molecular flexibility index (Phi) is 7.65. The molecule has 36 heavy (non-hydrogen) atoms. The van der Waals surface area contributed by atoms with Crippen LogP contribution in [0.25, 0.3) is 0 Å². The van der Waals surface area contributed by atoms with Crippen LogP contribution in [0.3, 0.4) is 0 Å². The molecule has 1 atom stereocenters. The lowest BCUT2D eigenvalue weighted by molar-refractivity contribution is -0.0312. The largest absolute Gasteiger partial charge is 0.486 e. The highest BCUT2D eigenvalue weighted by Crippen LogP contribution is 2.25. The molecule has 0 aliphatic carbocycles. The summed E-state index contributed by atoms with van der Waals surface area (Å²) in [6.07, 6.45) is 2.60. The smallest absolute Gasteiger partial charge is 0.251 e. The van der Waals surface area contributed by atoms with Crippen molar-refractivity contribution in [1.82, 2.24) is 15.2 Å². The normalized spacial score (nSPS) is 16.7. The minimum Gasteiger partial charge on any atom is -0.486 e. The highest BCUT2D eigenvalue weighted by Gasteiger charge is 2.21. The number of hydrogen-bond acceptors (Lipinski definition) is 7. The van der Waals surface area contributed by atoms with E-state index in [4.69, 9.17) is 13.9 Å². The maximum atomic E-state index is 12.6. The van der Waals surface area contributed by atoms with Crippen LogP contribution in [0.15, 0.2) is 53.3 Å². The summed E-state index contributed by atoms with van der Waals surface area (Å²) in [6, 6.07) is 13.8. The first kappa shape index (κ1) is 24.5. The summed E-state index contributed by atoms with van der Waals surface area (Å²) in [4.78, 5) is 18.9. The number of rotatable bonds is 10. The fourth-order valence-electron chi connectivity index (χ4n) is 4.70. The number of aliphatic hydroxyl groups is 1. The third-order valence-electron chi connectivity index (χ3n) is 6.87. The first-order chi connectivity index (χ1) is 17.5. The number of aromatic nitrogens is 1. The van der Waals surface area contributed by atoms with Crippen LogP contribution in [0.5, 0.6) is 5.75 Å². The minimum absolute atomic E-state index is 0.155. The van der Waals surface area contributed by atoms with Crippen LogP contribution in [0.2, 0.25) is 0 Å². The predicted octanol–water partition coefficient (Wildman–Crippen LogP) is 2.90. The third kappa shape index (κ3) is 6.13. The number of β-amino-alcohol motifs (C(OH)–C–C–N with tert-alkyl or cyclic N) is 1. The standard InChI is InChI=1S/C28H33N3O5/c1-19-27(36-18-30-19)17-35-26-6-5-24-13-31(8-7-22(24)11-26)14-25(32)12-29-28(33)23-4-2-3-20(10-23)9-21-15-34-16-21/h2-6,10-11,18,21,25,32H,7-9,12-17H2,1H3,(H,29,33)/t25-/m0/s1. The number of ether oxygens (including phenoxy) is 2. The molecular weight excluding hydrogens is 458 g/mol. The molecule has 2 N–H and O–H groups in total. The zero-order valence-electron chi connectivity index (χ0n) is 20.6. The maximum absolute atomic E-state index is 12.6. The summed E-state index contributed by atoms with van der Waals surface area (Å²) in [5, 5.41) is 13.5. The van der Waals surface area contributed by atoms with E-state index in [9.17, 15) is 9.90 Å². The van der Waals surface area contributed by atoms with Crippen molar-refractivity contribution >= 4 is 5.91 Å². The molecular formula is C28H33N3O5. The Morgan fingerprint density at radius 1 is 1.25 bits per heavy atom. The molecule has 3 heterocycles. The Labute approximate surface area is 211 Å². The lowest BCUT2D eigenvalue weighted by atomic mass is 9.96. The number of nitrogens with one attached hydrogen (secondary N) is 1. The molecule has 1 saturated heterocycles. The van der Waals surface area contributed by atoms with Crippen molar-refractivity contribution in [3.63, 3.8) is 0 Å². The van der Waals surface area contributed by atoms with E-state index in [1.807, 2.05) is 37.3 Å². The second-order valence-corrected chi connectivity index (χ2v) is 9.74. The van der Waals surface area contributed by atoms with Gasteiger partial charge >= 0.3 is 0 Å². The van der Waals surface area contributed by atoms with E-state index >= 15 is 0 Å². The SMILES string of the molecule is Cc1ncoc1COc1ccc2c(c1)CCN(C[C@@H](O)CNC(=O)c1cccc(CC3COC3)c1)C2. The number of aryl methyl sites for hydroxylation is 1. The number of fused-ring (bicyclic) bond motifs is 1. The number of nitrogens with zero attached hydrogens (tertiary/aromatic N) is 2. The van der Waals surface area contributed by atoms with Gasteiger partial charge in [0.15, 0.2) is 12.2 Å². The molecule has 0 saturated carbocycles. The van der Waals surface area contributed by atoms with E-state index in [0.717, 1.165) is 61.9 Å². The van der Waals surface area contributed by atoms with Gasteiger partial charge < -0.3 is 24.3 Å². The zero-order chi connectivity index (χ0) is 24.9. The number of benzene rings is 2. The van der Waals surface area contributed by atoms with Crippen LogP contribution in [-0.2, 0) is 30.7 Å². The Hall–Kier alpha value is -3.20. The van der Waals surface area contributed by atoms with Crippen molar-refractivity contribution in [3.8, 4) is 5.75 Å². The van der Waals surface area contributed by atoms with E-state index in [1.54, 1.807) is 0 Å². The van der Waals surface area contributed by atoms with Crippen LogP contribution in [-0.4, -0.2) is 59.8 Å². The van der Waals surface area contributed by atoms with Crippen LogP contribution in [0.1, 0.15) is 38.5 Å². The van der Waals surface area contributed by atoms with Gasteiger partial charge in [0.2, 0.25) is 0 Å². The third-order valence-corrected chi connectivity index (χ3v) is 6.87. The fraction of sp³-hybridized carbons (Fsp3) is 0.429. The average Bonchev–Trinajstić information content (AvgIpc) is 3.28. The van der Waals surface area contributed by atoms with Gasteiger partial charge in [-0.2, -0.15) is 0 Å². The Morgan fingerprint density at radius 3 is 2.92 bits per heavy atom. The Bertz CT molecular complexity index is 1190. The number of hydrogen-bond donors (Lipinski definition) is 2. The summed E-state index contributed by atoms with van der Waals surface area (Å²) < 4.78 is 16.5. The molecule has 8 nitrogen and oxygen atoms in total. The highest BCUT2D eigenvalue weighted by atomic mass is 16.5. The quantitative estimate of drug-likeness (QED) is 0.450. The number of aliphatic hydroxyl groups excluding tert-OH is 1. The van der Waals surface area contributed by atoms with E-state index in [-0.39, 0.29) is 12.5 Å². The molecule has 3 aromatic rings. The summed E-state index contributed by atoms with van der Waals surface area (Å²) in [6.45, 7) is 6.16. The number of amides is 1. The van der Waals surface area contributed by atoms with Gasteiger partial charge in [0.05, 0.1) is 25.0 Å². The van der Waals surface area contributed by atoms with Gasteiger partial charge in [-0.1, -0.05) is 18.2 Å². The maximum Gasteiger partial charge on any atom is 0.251 e. The molecule has 5 rings (SSSR count). The highest BCUT2D eigenvalue weighted by molar-refractivity contribution is 5.94. The van der Waals surface area contributed by atoms with Crippen molar-refractivity contribution in [2.24, 2.45) is 5.92 Å². The van der Waals surface area contributed by atoms with Crippen molar-refractivity contribution < 1.29 is 23.8 Å².